The maximum Gasteiger partial charge on any atom is 0.329 e. The molecule has 5 heteroatoms. The molecule has 0 N–H and O–H groups in total. The van der Waals surface area contributed by atoms with Crippen LogP contribution < -0.4 is 4.74 Å². The van der Waals surface area contributed by atoms with Gasteiger partial charge in [-0.3, -0.25) is 4.57 Å². The van der Waals surface area contributed by atoms with Crippen LogP contribution in [-0.4, -0.2) is 40.2 Å². The standard InChI is InChI=1S/C20H21N3O2/c1-2-25-17-9-7-15(8-10-17)18-14-16-6-5-13-23(19(16)21-18)20(24)22-11-3-4-12-22/h5-10,13-14H,2-4,11-12H2,1H3. The molecule has 1 amide bonds. The number of pyridine rings is 1. The summed E-state index contributed by atoms with van der Waals surface area (Å²) in [6.07, 6.45) is 3.96. The van der Waals surface area contributed by atoms with E-state index in [9.17, 15) is 4.79 Å². The van der Waals surface area contributed by atoms with Crippen molar-refractivity contribution in [1.29, 1.82) is 0 Å². The average molecular weight is 335 g/mol. The molecule has 0 saturated carbocycles. The second-order valence-electron chi connectivity index (χ2n) is 6.23. The lowest BCUT2D eigenvalue weighted by Crippen LogP contribution is -2.32. The van der Waals surface area contributed by atoms with Gasteiger partial charge in [0.25, 0.3) is 0 Å². The van der Waals surface area contributed by atoms with E-state index >= 15 is 0 Å². The van der Waals surface area contributed by atoms with Crippen molar-refractivity contribution in [2.24, 2.45) is 0 Å². The summed E-state index contributed by atoms with van der Waals surface area (Å²) in [5.74, 6) is 1.56. The summed E-state index contributed by atoms with van der Waals surface area (Å²) < 4.78 is 7.15. The number of carbonyl (C=O) groups excluding carboxylic acids is 1. The van der Waals surface area contributed by atoms with Gasteiger partial charge in [0.2, 0.25) is 0 Å². The van der Waals surface area contributed by atoms with Gasteiger partial charge in [-0.1, -0.05) is 0 Å². The number of carbonyl (C=O) groups is 1. The SMILES string of the molecule is CCOc1ccc(-c2cc3cccn(C(=O)N4CCCC4)c-3n2)cc1. The molecule has 0 atom stereocenters. The Kier molecular flexibility index (Phi) is 4.14. The second-order valence-corrected chi connectivity index (χ2v) is 6.23. The summed E-state index contributed by atoms with van der Waals surface area (Å²) in [5.41, 5.74) is 2.85. The van der Waals surface area contributed by atoms with Gasteiger partial charge in [0, 0.05) is 30.4 Å². The fourth-order valence-corrected chi connectivity index (χ4v) is 3.29. The average Bonchev–Trinajstić information content (AvgIpc) is 3.31. The van der Waals surface area contributed by atoms with E-state index in [-0.39, 0.29) is 6.03 Å². The molecule has 0 unspecified atom stereocenters. The molecule has 0 aromatic heterocycles. The Morgan fingerprint density at radius 2 is 1.88 bits per heavy atom. The number of benzene rings is 1. The maximum absolute atomic E-state index is 12.8. The van der Waals surface area contributed by atoms with Gasteiger partial charge in [0.1, 0.15) is 11.6 Å². The van der Waals surface area contributed by atoms with Crippen molar-refractivity contribution in [2.75, 3.05) is 19.7 Å². The van der Waals surface area contributed by atoms with Crippen LogP contribution in [0.3, 0.4) is 0 Å². The van der Waals surface area contributed by atoms with Crippen LogP contribution in [0.2, 0.25) is 0 Å². The van der Waals surface area contributed by atoms with Crippen molar-refractivity contribution in [2.45, 2.75) is 19.8 Å². The van der Waals surface area contributed by atoms with Crippen molar-refractivity contribution in [3.8, 4) is 28.4 Å². The molecular formula is C20H21N3O2. The van der Waals surface area contributed by atoms with Crippen LogP contribution >= 0.6 is 0 Å². The van der Waals surface area contributed by atoms with E-state index in [1.54, 1.807) is 10.8 Å². The Hall–Kier alpha value is -2.82. The number of hydrogen-bond acceptors (Lipinski definition) is 3. The number of rotatable bonds is 3. The second kappa shape index (κ2) is 6.59. The summed E-state index contributed by atoms with van der Waals surface area (Å²) in [5, 5.41) is 0. The normalized spacial score (nSPS) is 14.2. The summed E-state index contributed by atoms with van der Waals surface area (Å²) in [7, 11) is 0. The molecule has 0 spiro atoms. The van der Waals surface area contributed by atoms with Crippen molar-refractivity contribution in [1.82, 2.24) is 14.5 Å². The van der Waals surface area contributed by atoms with E-state index in [4.69, 9.17) is 9.72 Å². The van der Waals surface area contributed by atoms with Crippen LogP contribution in [0.25, 0.3) is 22.6 Å². The Balaban J connectivity index is 1.68. The first-order valence-electron chi connectivity index (χ1n) is 8.77. The predicted octanol–water partition coefficient (Wildman–Crippen LogP) is 4.12. The summed E-state index contributed by atoms with van der Waals surface area (Å²) in [4.78, 5) is 19.4. The van der Waals surface area contributed by atoms with E-state index in [0.717, 1.165) is 48.5 Å². The lowest BCUT2D eigenvalue weighted by atomic mass is 10.1. The first-order valence-corrected chi connectivity index (χ1v) is 8.77. The third kappa shape index (κ3) is 2.97. The first-order chi connectivity index (χ1) is 12.3. The summed E-state index contributed by atoms with van der Waals surface area (Å²) >= 11 is 0. The van der Waals surface area contributed by atoms with Crippen molar-refractivity contribution in [3.05, 3.63) is 48.7 Å². The zero-order chi connectivity index (χ0) is 17.2. The molecule has 5 nitrogen and oxygen atoms in total. The topological polar surface area (TPSA) is 47.4 Å². The van der Waals surface area contributed by atoms with Gasteiger partial charge in [-0.2, -0.15) is 0 Å². The third-order valence-corrected chi connectivity index (χ3v) is 4.56. The zero-order valence-electron chi connectivity index (χ0n) is 14.3. The summed E-state index contributed by atoms with van der Waals surface area (Å²) in [6, 6.07) is 13.8. The quantitative estimate of drug-likeness (QED) is 0.723. The molecule has 0 aliphatic carbocycles. The van der Waals surface area contributed by atoms with Gasteiger partial charge in [0.15, 0.2) is 0 Å². The number of ether oxygens (including phenoxy) is 1. The highest BCUT2D eigenvalue weighted by atomic mass is 16.5. The van der Waals surface area contributed by atoms with Crippen LogP contribution in [0.15, 0.2) is 48.7 Å². The maximum atomic E-state index is 12.8. The Labute approximate surface area is 147 Å². The van der Waals surface area contributed by atoms with Crippen LogP contribution in [-0.2, 0) is 0 Å². The molecule has 3 heterocycles. The van der Waals surface area contributed by atoms with Gasteiger partial charge in [-0.25, -0.2) is 9.78 Å². The lowest BCUT2D eigenvalue weighted by molar-refractivity contribution is 0.210. The van der Waals surface area contributed by atoms with E-state index in [1.807, 2.05) is 54.3 Å². The molecule has 3 aliphatic rings. The number of amides is 1. The van der Waals surface area contributed by atoms with Crippen molar-refractivity contribution in [3.63, 3.8) is 0 Å². The van der Waals surface area contributed by atoms with Gasteiger partial charge >= 0.3 is 6.03 Å². The molecule has 1 fully saturated rings. The number of aromatic nitrogens is 2. The van der Waals surface area contributed by atoms with Gasteiger partial charge in [-0.15, -0.1) is 0 Å². The minimum atomic E-state index is 0.0134. The Morgan fingerprint density at radius 1 is 1.12 bits per heavy atom. The number of hydrogen-bond donors (Lipinski definition) is 0. The van der Waals surface area contributed by atoms with Crippen LogP contribution in [0.1, 0.15) is 19.8 Å². The molecule has 0 radical (unpaired) electrons. The molecule has 1 aromatic rings. The number of likely N-dealkylation sites (tertiary alicyclic amines) is 1. The minimum absolute atomic E-state index is 0.0134. The fraction of sp³-hybridized carbons (Fsp3) is 0.300. The van der Waals surface area contributed by atoms with E-state index in [2.05, 4.69) is 0 Å². The first kappa shape index (κ1) is 15.7. The summed E-state index contributed by atoms with van der Waals surface area (Å²) in [6.45, 7) is 4.27. The van der Waals surface area contributed by atoms with E-state index < -0.39 is 0 Å². The monoisotopic (exact) mass is 335 g/mol. The van der Waals surface area contributed by atoms with Gasteiger partial charge in [0.05, 0.1) is 12.3 Å². The number of fused-ring (bicyclic) bond motifs is 1. The molecule has 128 valence electrons. The molecular weight excluding hydrogens is 314 g/mol. The highest BCUT2D eigenvalue weighted by Gasteiger charge is 2.23. The molecule has 1 saturated heterocycles. The highest BCUT2D eigenvalue weighted by Crippen LogP contribution is 2.30. The zero-order valence-corrected chi connectivity index (χ0v) is 14.3. The van der Waals surface area contributed by atoms with Gasteiger partial charge in [-0.05, 0) is 62.2 Å². The molecule has 25 heavy (non-hydrogen) atoms. The molecule has 4 rings (SSSR count). The molecule has 3 aliphatic heterocycles. The third-order valence-electron chi connectivity index (χ3n) is 4.56. The van der Waals surface area contributed by atoms with Crippen molar-refractivity contribution < 1.29 is 9.53 Å². The van der Waals surface area contributed by atoms with Crippen LogP contribution in [0, 0.1) is 0 Å². The predicted molar refractivity (Wildman–Crippen MR) is 97.1 cm³/mol. The van der Waals surface area contributed by atoms with Crippen molar-refractivity contribution >= 4 is 6.03 Å². The van der Waals surface area contributed by atoms with Gasteiger partial charge < -0.3 is 9.64 Å². The Bertz CT molecular complexity index is 848. The smallest absolute Gasteiger partial charge is 0.329 e. The molecule has 0 bridgehead atoms. The van der Waals surface area contributed by atoms with Crippen LogP contribution in [0.4, 0.5) is 4.79 Å². The van der Waals surface area contributed by atoms with E-state index in [0.29, 0.717) is 12.4 Å². The largest absolute Gasteiger partial charge is 0.494 e. The molecule has 1 aromatic carbocycles. The Morgan fingerprint density at radius 3 is 2.60 bits per heavy atom. The number of nitrogens with zero attached hydrogens (tertiary/aromatic N) is 3. The van der Waals surface area contributed by atoms with E-state index in [1.165, 1.54) is 0 Å². The fourth-order valence-electron chi connectivity index (χ4n) is 3.29. The minimum Gasteiger partial charge on any atom is -0.494 e. The van der Waals surface area contributed by atoms with Crippen LogP contribution in [0.5, 0.6) is 5.75 Å². The highest BCUT2D eigenvalue weighted by molar-refractivity contribution is 5.84. The lowest BCUT2D eigenvalue weighted by Gasteiger charge is -2.18.